The van der Waals surface area contributed by atoms with Crippen molar-refractivity contribution in [2.45, 2.75) is 153 Å². The molecule has 0 aliphatic heterocycles. The molecule has 1 heterocycles. The van der Waals surface area contributed by atoms with Gasteiger partial charge in [0.05, 0.1) is 35.5 Å². The summed E-state index contributed by atoms with van der Waals surface area (Å²) in [5.74, 6) is 1.31. The average molecular weight is 1310 g/mol. The van der Waals surface area contributed by atoms with Crippen LogP contribution in [0, 0.1) is 18.3 Å². The summed E-state index contributed by atoms with van der Waals surface area (Å²) in [5.41, 5.74) is 2.37. The number of urea groups is 3. The number of rotatable bonds is 17. The van der Waals surface area contributed by atoms with Crippen LogP contribution < -0.4 is 55.6 Å². The Hall–Kier alpha value is -9.61. The molecule has 7 amide bonds. The van der Waals surface area contributed by atoms with Crippen molar-refractivity contribution in [3.8, 4) is 34.8 Å². The van der Waals surface area contributed by atoms with Crippen molar-refractivity contribution in [1.29, 1.82) is 5.26 Å². The van der Waals surface area contributed by atoms with E-state index in [0.29, 0.717) is 65.7 Å². The van der Waals surface area contributed by atoms with Gasteiger partial charge in [0.2, 0.25) is 0 Å². The molecular weight excluding hydrogens is 1230 g/mol. The van der Waals surface area contributed by atoms with Gasteiger partial charge < -0.3 is 60.5 Å². The summed E-state index contributed by atoms with van der Waals surface area (Å²) in [7, 11) is 0. The molecule has 0 saturated heterocycles. The predicted octanol–water partition coefficient (Wildman–Crippen LogP) is 15.5. The number of anilines is 3. The van der Waals surface area contributed by atoms with Crippen LogP contribution >= 0.6 is 0 Å². The van der Waals surface area contributed by atoms with Gasteiger partial charge in [0.25, 0.3) is 5.91 Å². The standard InChI is InChI=1S/C24H29F3N4O4.C21H20F3N3O2.C21H23F3N2O3/c1-3-31(4-2)22(32)21-15-20(13-14-28-21)34-18-9-5-16(6-10-18)29-23(33)30-17-7-11-19(12-8-17)35-24(25,26)27;22-21(23,24)15-3-5-16(6-4-15)26-20(28)27-17-7-11-19(12-8-17)29-18-9-1-14(13-25)2-10-18;1-14-2-8-17(9-3-14)28-18-10-4-15(5-11-18)25-20(27)26-16-6-12-19(13-7-16)29-21(22,23)24/h7-8,11-16,18H,3-6,9-10H2,1-2H3,(H2,29,30,33);1-6,9-10,17,19H,7-8,11-12H2,(H2,26,27,28);2-3,6-9,12-13,15,18H,4-5,10-11H2,1H3,(H2,25,26,27). The van der Waals surface area contributed by atoms with Crippen molar-refractivity contribution in [2.75, 3.05) is 29.0 Å². The van der Waals surface area contributed by atoms with Crippen molar-refractivity contribution >= 4 is 41.1 Å². The Morgan fingerprint density at radius 1 is 0.484 bits per heavy atom. The van der Waals surface area contributed by atoms with Gasteiger partial charge in [-0.3, -0.25) is 9.78 Å². The van der Waals surface area contributed by atoms with E-state index in [1.807, 2.05) is 45.0 Å². The molecule has 3 fully saturated rings. The zero-order valence-corrected chi connectivity index (χ0v) is 51.1. The van der Waals surface area contributed by atoms with Gasteiger partial charge >= 0.3 is 37.0 Å². The third-order valence-electron chi connectivity index (χ3n) is 15.1. The first-order chi connectivity index (χ1) is 44.3. The lowest BCUT2D eigenvalue weighted by molar-refractivity contribution is -0.275. The average Bonchev–Trinajstić information content (AvgIpc) is 1.98. The number of hydrogen-bond donors (Lipinski definition) is 6. The Kier molecular flexibility index (Phi) is 25.6. The number of alkyl halides is 9. The smallest absolute Gasteiger partial charge is 0.490 e. The van der Waals surface area contributed by atoms with Crippen LogP contribution in [0.5, 0.6) is 28.7 Å². The van der Waals surface area contributed by atoms with Crippen molar-refractivity contribution < 1.29 is 82.4 Å². The molecule has 6 N–H and O–H groups in total. The largest absolute Gasteiger partial charge is 0.573 e. The number of ether oxygens (including phenoxy) is 5. The second-order valence-corrected chi connectivity index (χ2v) is 22.1. The van der Waals surface area contributed by atoms with Crippen LogP contribution in [0.3, 0.4) is 0 Å². The Balaban J connectivity index is 0.000000199. The molecule has 5 aromatic carbocycles. The van der Waals surface area contributed by atoms with E-state index in [1.54, 1.807) is 47.5 Å². The third-order valence-corrected chi connectivity index (χ3v) is 15.1. The van der Waals surface area contributed by atoms with Crippen molar-refractivity contribution in [1.82, 2.24) is 25.8 Å². The van der Waals surface area contributed by atoms with Gasteiger partial charge in [-0.15, -0.1) is 26.3 Å². The topological polar surface area (TPSA) is 227 Å². The minimum atomic E-state index is -4.77. The van der Waals surface area contributed by atoms with Gasteiger partial charge in [0.15, 0.2) is 0 Å². The van der Waals surface area contributed by atoms with Crippen LogP contribution in [0.15, 0.2) is 140 Å². The van der Waals surface area contributed by atoms with Gasteiger partial charge in [-0.2, -0.15) is 18.4 Å². The van der Waals surface area contributed by atoms with E-state index in [0.717, 1.165) is 106 Å². The Morgan fingerprint density at radius 3 is 1.17 bits per heavy atom. The van der Waals surface area contributed by atoms with Gasteiger partial charge in [0, 0.05) is 60.5 Å². The number of hydrogen-bond acceptors (Lipinski definition) is 11. The maximum Gasteiger partial charge on any atom is 0.573 e. The number of carbonyl (C=O) groups excluding carboxylic acids is 4. The summed E-state index contributed by atoms with van der Waals surface area (Å²) in [5, 5.41) is 25.2. The summed E-state index contributed by atoms with van der Waals surface area (Å²) in [4.78, 5) is 54.9. The summed E-state index contributed by atoms with van der Waals surface area (Å²) < 4.78 is 137. The van der Waals surface area contributed by atoms with E-state index in [9.17, 15) is 58.7 Å². The lowest BCUT2D eigenvalue weighted by Gasteiger charge is -2.29. The van der Waals surface area contributed by atoms with E-state index in [4.69, 9.17) is 19.5 Å². The minimum absolute atomic E-state index is 0.0229. The molecule has 0 bridgehead atoms. The summed E-state index contributed by atoms with van der Waals surface area (Å²) >= 11 is 0. The van der Waals surface area contributed by atoms with Gasteiger partial charge in [-0.05, 0) is 213 Å². The molecule has 3 saturated carbocycles. The third kappa shape index (κ3) is 24.8. The number of nitrogens with one attached hydrogen (secondary N) is 6. The monoisotopic (exact) mass is 1310 g/mol. The highest BCUT2D eigenvalue weighted by Gasteiger charge is 2.33. The summed E-state index contributed by atoms with van der Waals surface area (Å²) in [6, 6.07) is 33.2. The van der Waals surface area contributed by atoms with Gasteiger partial charge in [0.1, 0.15) is 34.4 Å². The highest BCUT2D eigenvalue weighted by atomic mass is 19.4. The fraction of sp³-hybridized carbons (Fsp3) is 0.394. The maximum absolute atomic E-state index is 12.6. The summed E-state index contributed by atoms with van der Waals surface area (Å²) in [6.45, 7) is 7.06. The number of aryl methyl sites for hydroxylation is 1. The fourth-order valence-corrected chi connectivity index (χ4v) is 10.3. The van der Waals surface area contributed by atoms with E-state index in [1.165, 1.54) is 42.0 Å². The lowest BCUT2D eigenvalue weighted by atomic mass is 9.93. The highest BCUT2D eigenvalue weighted by molar-refractivity contribution is 5.93. The first-order valence-corrected chi connectivity index (χ1v) is 30.2. The number of halogens is 9. The zero-order valence-electron chi connectivity index (χ0n) is 51.1. The molecule has 9 rings (SSSR count). The van der Waals surface area contributed by atoms with Crippen LogP contribution in [0.2, 0.25) is 0 Å². The normalized spacial score (nSPS) is 18.7. The number of carbonyl (C=O) groups is 4. The van der Waals surface area contributed by atoms with Crippen LogP contribution in [0.25, 0.3) is 0 Å². The van der Waals surface area contributed by atoms with Crippen LogP contribution in [-0.4, -0.2) is 96.1 Å². The van der Waals surface area contributed by atoms with Gasteiger partial charge in [-0.1, -0.05) is 17.7 Å². The molecule has 93 heavy (non-hydrogen) atoms. The molecule has 3 aliphatic carbocycles. The number of pyridine rings is 1. The molecule has 0 spiro atoms. The van der Waals surface area contributed by atoms with Crippen LogP contribution in [0.4, 0.5) is 71.0 Å². The Morgan fingerprint density at radius 2 is 0.828 bits per heavy atom. The van der Waals surface area contributed by atoms with Crippen molar-refractivity contribution in [2.24, 2.45) is 0 Å². The van der Waals surface area contributed by atoms with Crippen LogP contribution in [-0.2, 0) is 6.18 Å². The molecule has 0 unspecified atom stereocenters. The fourth-order valence-electron chi connectivity index (χ4n) is 10.3. The molecule has 6 aromatic rings. The molecule has 0 radical (unpaired) electrons. The van der Waals surface area contributed by atoms with Crippen LogP contribution in [0.1, 0.15) is 118 Å². The lowest BCUT2D eigenvalue weighted by Crippen LogP contribution is -2.41. The Bertz CT molecular complexity index is 3370. The van der Waals surface area contributed by atoms with Gasteiger partial charge in [-0.25, -0.2) is 14.4 Å². The molecule has 498 valence electrons. The quantitative estimate of drug-likeness (QED) is 0.0471. The maximum atomic E-state index is 12.6. The Labute approximate surface area is 531 Å². The number of amides is 7. The number of aromatic nitrogens is 1. The second-order valence-electron chi connectivity index (χ2n) is 22.1. The summed E-state index contributed by atoms with van der Waals surface area (Å²) in [6.07, 6.45) is -3.12. The molecule has 1 aromatic heterocycles. The number of nitriles is 1. The first-order valence-electron chi connectivity index (χ1n) is 30.2. The SMILES string of the molecule is CCN(CC)C(=O)c1cc(OC2CCC(NC(=O)Nc3ccc(OC(F)(F)F)cc3)CC2)ccn1.Cc1ccc(OC2CCC(NC(=O)Nc3ccc(OC(F)(F)F)cc3)CC2)cc1.N#Cc1ccc(OC2CCC(NC(=O)Nc3ccc(C(F)(F)F)cc3)CC2)cc1. The molecule has 3 aliphatic rings. The predicted molar refractivity (Wildman–Crippen MR) is 328 cm³/mol. The van der Waals surface area contributed by atoms with E-state index >= 15 is 0 Å². The first kappa shape index (κ1) is 70.8. The molecule has 18 nitrogen and oxygen atoms in total. The number of nitrogens with zero attached hydrogens (tertiary/aromatic N) is 3. The van der Waals surface area contributed by atoms with Crippen molar-refractivity contribution in [3.63, 3.8) is 0 Å². The van der Waals surface area contributed by atoms with E-state index < -0.39 is 42.6 Å². The minimum Gasteiger partial charge on any atom is -0.490 e. The highest BCUT2D eigenvalue weighted by Crippen LogP contribution is 2.32. The van der Waals surface area contributed by atoms with E-state index in [2.05, 4.69) is 52.4 Å². The molecular formula is C66H72F9N9O9. The number of benzene rings is 5. The molecule has 0 atom stereocenters. The van der Waals surface area contributed by atoms with Crippen molar-refractivity contribution in [3.05, 3.63) is 162 Å². The second kappa shape index (κ2) is 33.6. The zero-order chi connectivity index (χ0) is 67.1. The van der Waals surface area contributed by atoms with E-state index in [-0.39, 0.29) is 53.8 Å². The molecule has 27 heteroatoms.